The molecule has 0 bridgehead atoms. The van der Waals surface area contributed by atoms with E-state index in [1.54, 1.807) is 16.8 Å². The van der Waals surface area contributed by atoms with E-state index in [0.717, 1.165) is 10.2 Å². The first kappa shape index (κ1) is 14.6. The zero-order chi connectivity index (χ0) is 13.8. The van der Waals surface area contributed by atoms with Crippen molar-refractivity contribution < 1.29 is 0 Å². The summed E-state index contributed by atoms with van der Waals surface area (Å²) in [4.78, 5) is 11.9. The Labute approximate surface area is 132 Å². The molecule has 2 aromatic rings. The van der Waals surface area contributed by atoms with E-state index in [9.17, 15) is 4.79 Å². The zero-order valence-corrected chi connectivity index (χ0v) is 13.8. The molecular weight excluding hydrogens is 395 g/mol. The van der Waals surface area contributed by atoms with Crippen molar-refractivity contribution in [2.24, 2.45) is 0 Å². The third kappa shape index (κ3) is 4.09. The second-order valence-corrected chi connectivity index (χ2v) is 6.15. The van der Waals surface area contributed by atoms with Crippen LogP contribution in [-0.2, 0) is 6.54 Å². The highest BCUT2D eigenvalue weighted by molar-refractivity contribution is 9.11. The number of benzene rings is 1. The van der Waals surface area contributed by atoms with Gasteiger partial charge in [-0.2, -0.15) is 0 Å². The fraction of sp³-hybridized carbons (Fsp3) is 0.154. The first-order valence-corrected chi connectivity index (χ1v) is 7.57. The van der Waals surface area contributed by atoms with Crippen molar-refractivity contribution in [3.05, 3.63) is 60.9 Å². The summed E-state index contributed by atoms with van der Waals surface area (Å²) in [5.41, 5.74) is 0.894. The van der Waals surface area contributed by atoms with E-state index < -0.39 is 0 Å². The SMILES string of the molecule is O=c1c(Br)cc(Br)cn1CCNc1cccc(Cl)c1. The van der Waals surface area contributed by atoms with Crippen LogP contribution in [0.4, 0.5) is 5.69 Å². The number of anilines is 1. The highest BCUT2D eigenvalue weighted by Crippen LogP contribution is 2.15. The van der Waals surface area contributed by atoms with Gasteiger partial charge in [0.25, 0.3) is 5.56 Å². The van der Waals surface area contributed by atoms with Crippen molar-refractivity contribution in [3.63, 3.8) is 0 Å². The maximum Gasteiger partial charge on any atom is 0.264 e. The van der Waals surface area contributed by atoms with Crippen LogP contribution in [0, 0.1) is 0 Å². The molecule has 0 radical (unpaired) electrons. The molecule has 100 valence electrons. The minimum atomic E-state index is -0.0453. The first-order chi connectivity index (χ1) is 9.06. The third-order valence-corrected chi connectivity index (χ3v) is 3.75. The molecule has 0 unspecified atom stereocenters. The molecule has 1 heterocycles. The molecule has 3 nitrogen and oxygen atoms in total. The number of nitrogens with one attached hydrogen (secondary N) is 1. The molecule has 19 heavy (non-hydrogen) atoms. The lowest BCUT2D eigenvalue weighted by Gasteiger charge is -2.09. The van der Waals surface area contributed by atoms with Crippen LogP contribution >= 0.6 is 43.5 Å². The Morgan fingerprint density at radius 3 is 2.79 bits per heavy atom. The lowest BCUT2D eigenvalue weighted by Crippen LogP contribution is -2.23. The summed E-state index contributed by atoms with van der Waals surface area (Å²) < 4.78 is 3.05. The third-order valence-electron chi connectivity index (χ3n) is 2.52. The Morgan fingerprint density at radius 1 is 1.26 bits per heavy atom. The Hall–Kier alpha value is -0.780. The maximum atomic E-state index is 11.9. The fourth-order valence-corrected chi connectivity index (χ4v) is 3.10. The molecule has 0 fully saturated rings. The summed E-state index contributed by atoms with van der Waals surface area (Å²) in [6, 6.07) is 9.23. The standard InChI is InChI=1S/C13H11Br2ClN2O/c14-9-6-12(15)13(19)18(8-9)5-4-17-11-3-1-2-10(16)7-11/h1-3,6-8,17H,4-5H2. The van der Waals surface area contributed by atoms with E-state index in [0.29, 0.717) is 22.6 Å². The van der Waals surface area contributed by atoms with Crippen molar-refractivity contribution in [2.75, 3.05) is 11.9 Å². The van der Waals surface area contributed by atoms with Crippen LogP contribution in [-0.4, -0.2) is 11.1 Å². The summed E-state index contributed by atoms with van der Waals surface area (Å²) in [5, 5.41) is 3.91. The van der Waals surface area contributed by atoms with Gasteiger partial charge < -0.3 is 9.88 Å². The van der Waals surface area contributed by atoms with E-state index in [-0.39, 0.29) is 5.56 Å². The molecule has 1 aromatic carbocycles. The summed E-state index contributed by atoms with van der Waals surface area (Å²) in [7, 11) is 0. The van der Waals surface area contributed by atoms with Crippen LogP contribution in [0.5, 0.6) is 0 Å². The summed E-state index contributed by atoms with van der Waals surface area (Å²) in [6.07, 6.45) is 1.77. The van der Waals surface area contributed by atoms with E-state index in [1.165, 1.54) is 0 Å². The number of hydrogen-bond acceptors (Lipinski definition) is 2. The van der Waals surface area contributed by atoms with Crippen molar-refractivity contribution in [2.45, 2.75) is 6.54 Å². The molecule has 0 atom stereocenters. The van der Waals surface area contributed by atoms with Crippen LogP contribution in [0.3, 0.4) is 0 Å². The van der Waals surface area contributed by atoms with Crippen molar-refractivity contribution in [3.8, 4) is 0 Å². The largest absolute Gasteiger partial charge is 0.383 e. The van der Waals surface area contributed by atoms with Gasteiger partial charge in [-0.15, -0.1) is 0 Å². The van der Waals surface area contributed by atoms with Crippen molar-refractivity contribution >= 4 is 49.1 Å². The molecule has 0 spiro atoms. The van der Waals surface area contributed by atoms with Gasteiger partial charge in [0, 0.05) is 34.5 Å². The van der Waals surface area contributed by atoms with E-state index in [1.807, 2.05) is 24.3 Å². The minimum absolute atomic E-state index is 0.0453. The van der Waals surface area contributed by atoms with Gasteiger partial charge in [0.05, 0.1) is 4.47 Å². The minimum Gasteiger partial charge on any atom is -0.383 e. The van der Waals surface area contributed by atoms with Gasteiger partial charge in [0.2, 0.25) is 0 Å². The van der Waals surface area contributed by atoms with E-state index in [2.05, 4.69) is 37.2 Å². The predicted octanol–water partition coefficient (Wildman–Crippen LogP) is 4.14. The molecule has 2 rings (SSSR count). The Bertz CT molecular complexity index is 643. The lowest BCUT2D eigenvalue weighted by molar-refractivity contribution is 0.692. The first-order valence-electron chi connectivity index (χ1n) is 5.61. The normalized spacial score (nSPS) is 10.5. The zero-order valence-electron chi connectivity index (χ0n) is 9.87. The predicted molar refractivity (Wildman–Crippen MR) is 86.0 cm³/mol. The Balaban J connectivity index is 2.02. The number of hydrogen-bond donors (Lipinski definition) is 1. The van der Waals surface area contributed by atoms with Gasteiger partial charge in [-0.25, -0.2) is 0 Å². The number of aromatic nitrogens is 1. The molecule has 0 saturated carbocycles. The molecule has 1 aromatic heterocycles. The molecule has 0 aliphatic heterocycles. The van der Waals surface area contributed by atoms with Crippen LogP contribution in [0.2, 0.25) is 5.02 Å². The van der Waals surface area contributed by atoms with Crippen molar-refractivity contribution in [1.29, 1.82) is 0 Å². The van der Waals surface area contributed by atoms with Gasteiger partial charge in [0.1, 0.15) is 0 Å². The van der Waals surface area contributed by atoms with Gasteiger partial charge in [-0.05, 0) is 56.1 Å². The average molecular weight is 407 g/mol. The molecule has 0 saturated heterocycles. The lowest BCUT2D eigenvalue weighted by atomic mass is 10.3. The van der Waals surface area contributed by atoms with E-state index in [4.69, 9.17) is 11.6 Å². The molecule has 0 aliphatic carbocycles. The molecule has 0 aliphatic rings. The van der Waals surface area contributed by atoms with Gasteiger partial charge in [-0.1, -0.05) is 17.7 Å². The van der Waals surface area contributed by atoms with Crippen molar-refractivity contribution in [1.82, 2.24) is 4.57 Å². The average Bonchev–Trinajstić information content (AvgIpc) is 2.35. The highest BCUT2D eigenvalue weighted by Gasteiger charge is 2.02. The molecule has 6 heteroatoms. The van der Waals surface area contributed by atoms with Gasteiger partial charge >= 0.3 is 0 Å². The smallest absolute Gasteiger partial charge is 0.264 e. The van der Waals surface area contributed by atoms with E-state index >= 15 is 0 Å². The molecule has 1 N–H and O–H groups in total. The Kier molecular flexibility index (Phi) is 5.07. The van der Waals surface area contributed by atoms with Crippen LogP contribution in [0.15, 0.2) is 50.3 Å². The second kappa shape index (κ2) is 6.59. The Morgan fingerprint density at radius 2 is 2.05 bits per heavy atom. The van der Waals surface area contributed by atoms with Crippen LogP contribution in [0.1, 0.15) is 0 Å². The van der Waals surface area contributed by atoms with Crippen LogP contribution in [0.25, 0.3) is 0 Å². The quantitative estimate of drug-likeness (QED) is 0.828. The summed E-state index contributed by atoms with van der Waals surface area (Å²) >= 11 is 12.5. The van der Waals surface area contributed by atoms with Crippen LogP contribution < -0.4 is 10.9 Å². The summed E-state index contributed by atoms with van der Waals surface area (Å²) in [5.74, 6) is 0. The fourth-order valence-electron chi connectivity index (χ4n) is 1.65. The molecule has 0 amide bonds. The second-order valence-electron chi connectivity index (χ2n) is 3.94. The summed E-state index contributed by atoms with van der Waals surface area (Å²) in [6.45, 7) is 1.21. The number of pyridine rings is 1. The molecular formula is C13H11Br2ClN2O. The topological polar surface area (TPSA) is 34.0 Å². The van der Waals surface area contributed by atoms with Gasteiger partial charge in [-0.3, -0.25) is 4.79 Å². The number of halogens is 3. The maximum absolute atomic E-state index is 11.9. The van der Waals surface area contributed by atoms with Gasteiger partial charge in [0.15, 0.2) is 0 Å². The number of nitrogens with zero attached hydrogens (tertiary/aromatic N) is 1. The number of rotatable bonds is 4. The highest BCUT2D eigenvalue weighted by atomic mass is 79.9. The monoisotopic (exact) mass is 404 g/mol.